The molecule has 0 saturated carbocycles. The third-order valence-corrected chi connectivity index (χ3v) is 3.36. The third-order valence-electron chi connectivity index (χ3n) is 3.09. The highest BCUT2D eigenvalue weighted by Crippen LogP contribution is 2.33. The fraction of sp³-hybridized carbons (Fsp3) is 0.818. The minimum absolute atomic E-state index is 0.443. The number of methoxy groups -OCH3 is 1. The first-order chi connectivity index (χ1) is 8.30. The van der Waals surface area contributed by atoms with Crippen LogP contribution in [-0.2, 0) is 21.5 Å². The van der Waals surface area contributed by atoms with Gasteiger partial charge < -0.3 is 14.0 Å². The molecule has 0 aromatic carbocycles. The first kappa shape index (κ1) is 12.8. The molecule has 17 heavy (non-hydrogen) atoms. The molecule has 0 bridgehead atoms. The summed E-state index contributed by atoms with van der Waals surface area (Å²) < 4.78 is 16.1. The van der Waals surface area contributed by atoms with Crippen LogP contribution in [0.15, 0.2) is 4.52 Å². The zero-order valence-corrected chi connectivity index (χ0v) is 10.7. The lowest BCUT2D eigenvalue weighted by Gasteiger charge is -2.32. The molecule has 1 saturated heterocycles. The van der Waals surface area contributed by atoms with E-state index in [2.05, 4.69) is 10.1 Å². The van der Waals surface area contributed by atoms with Crippen LogP contribution in [0.3, 0.4) is 0 Å². The Labute approximate surface area is 105 Å². The molecule has 6 heteroatoms. The summed E-state index contributed by atoms with van der Waals surface area (Å²) in [6.45, 7) is 1.33. The van der Waals surface area contributed by atoms with Crippen molar-refractivity contribution >= 4 is 11.6 Å². The number of hydrogen-bond acceptors (Lipinski definition) is 5. The minimum atomic E-state index is -0.443. The Kier molecular flexibility index (Phi) is 4.36. The van der Waals surface area contributed by atoms with Gasteiger partial charge in [0.2, 0.25) is 11.7 Å². The number of aryl methyl sites for hydroxylation is 1. The topological polar surface area (TPSA) is 57.4 Å². The molecule has 2 heterocycles. The van der Waals surface area contributed by atoms with E-state index in [0.29, 0.717) is 37.2 Å². The maximum atomic E-state index is 5.63. The first-order valence-electron chi connectivity index (χ1n) is 5.83. The summed E-state index contributed by atoms with van der Waals surface area (Å²) >= 11 is 5.63. The molecule has 0 unspecified atom stereocenters. The van der Waals surface area contributed by atoms with Gasteiger partial charge in [0.05, 0.1) is 0 Å². The van der Waals surface area contributed by atoms with Crippen molar-refractivity contribution in [2.45, 2.75) is 31.3 Å². The van der Waals surface area contributed by atoms with Crippen LogP contribution in [0.4, 0.5) is 0 Å². The average molecular weight is 261 g/mol. The number of hydrogen-bond donors (Lipinski definition) is 0. The quantitative estimate of drug-likeness (QED) is 0.757. The largest absolute Gasteiger partial charge is 0.381 e. The van der Waals surface area contributed by atoms with Crippen LogP contribution < -0.4 is 0 Å². The smallest absolute Gasteiger partial charge is 0.226 e. The highest BCUT2D eigenvalue weighted by atomic mass is 35.5. The molecule has 0 atom stereocenters. The number of alkyl halides is 1. The number of halogens is 1. The lowest BCUT2D eigenvalue weighted by molar-refractivity contribution is -0.101. The van der Waals surface area contributed by atoms with E-state index >= 15 is 0 Å². The Balaban J connectivity index is 2.10. The van der Waals surface area contributed by atoms with Crippen molar-refractivity contribution in [2.24, 2.45) is 0 Å². The zero-order chi connectivity index (χ0) is 12.1. The van der Waals surface area contributed by atoms with Gasteiger partial charge in [0, 0.05) is 45.5 Å². The Hall–Kier alpha value is -0.650. The highest BCUT2D eigenvalue weighted by Gasteiger charge is 2.39. The molecule has 1 fully saturated rings. The molecule has 0 N–H and O–H groups in total. The summed E-state index contributed by atoms with van der Waals surface area (Å²) in [5.74, 6) is 1.86. The van der Waals surface area contributed by atoms with E-state index in [-0.39, 0.29) is 0 Å². The van der Waals surface area contributed by atoms with Crippen LogP contribution in [0.25, 0.3) is 0 Å². The van der Waals surface area contributed by atoms with Gasteiger partial charge in [-0.2, -0.15) is 4.98 Å². The molecule has 5 nitrogen and oxygen atoms in total. The van der Waals surface area contributed by atoms with E-state index in [9.17, 15) is 0 Å². The van der Waals surface area contributed by atoms with Gasteiger partial charge >= 0.3 is 0 Å². The summed E-state index contributed by atoms with van der Waals surface area (Å²) in [5.41, 5.74) is -0.443. The van der Waals surface area contributed by atoms with Gasteiger partial charge in [-0.05, 0) is 6.42 Å². The van der Waals surface area contributed by atoms with E-state index in [1.165, 1.54) is 0 Å². The summed E-state index contributed by atoms with van der Waals surface area (Å²) in [4.78, 5) is 4.40. The van der Waals surface area contributed by atoms with Crippen molar-refractivity contribution in [1.82, 2.24) is 10.1 Å². The van der Waals surface area contributed by atoms with Crippen LogP contribution in [0.1, 0.15) is 31.0 Å². The van der Waals surface area contributed by atoms with Gasteiger partial charge in [0.15, 0.2) is 0 Å². The number of rotatable bonds is 5. The van der Waals surface area contributed by atoms with Crippen LogP contribution in [0, 0.1) is 0 Å². The van der Waals surface area contributed by atoms with E-state index in [1.54, 1.807) is 7.11 Å². The maximum absolute atomic E-state index is 5.63. The summed E-state index contributed by atoms with van der Waals surface area (Å²) in [7, 11) is 1.68. The maximum Gasteiger partial charge on any atom is 0.226 e. The van der Waals surface area contributed by atoms with E-state index in [0.717, 1.165) is 19.3 Å². The number of ether oxygens (including phenoxy) is 2. The fourth-order valence-corrected chi connectivity index (χ4v) is 2.11. The second-order valence-electron chi connectivity index (χ2n) is 4.12. The van der Waals surface area contributed by atoms with Crippen molar-refractivity contribution in [2.75, 3.05) is 26.2 Å². The Bertz CT molecular complexity index is 350. The summed E-state index contributed by atoms with van der Waals surface area (Å²) in [6.07, 6.45) is 3.08. The lowest BCUT2D eigenvalue weighted by Crippen LogP contribution is -2.36. The van der Waals surface area contributed by atoms with Crippen LogP contribution >= 0.6 is 11.6 Å². The predicted molar refractivity (Wildman–Crippen MR) is 62.1 cm³/mol. The number of aromatic nitrogens is 2. The van der Waals surface area contributed by atoms with Crippen molar-refractivity contribution in [3.63, 3.8) is 0 Å². The third kappa shape index (κ3) is 2.78. The zero-order valence-electron chi connectivity index (χ0n) is 9.95. The second-order valence-corrected chi connectivity index (χ2v) is 4.49. The molecule has 1 aliphatic heterocycles. The van der Waals surface area contributed by atoms with E-state index in [1.807, 2.05) is 0 Å². The van der Waals surface area contributed by atoms with Crippen LogP contribution in [-0.4, -0.2) is 36.3 Å². The minimum Gasteiger partial charge on any atom is -0.381 e. The molecule has 0 radical (unpaired) electrons. The molecule has 0 aliphatic carbocycles. The predicted octanol–water partition coefficient (Wildman–Crippen LogP) is 1.89. The SMILES string of the molecule is COC1(c2noc(CCCCl)n2)CCOCC1. The second kappa shape index (κ2) is 5.80. The molecule has 96 valence electrons. The van der Waals surface area contributed by atoms with Crippen LogP contribution in [0.2, 0.25) is 0 Å². The normalized spacial score (nSPS) is 19.4. The van der Waals surface area contributed by atoms with Crippen molar-refractivity contribution in [3.8, 4) is 0 Å². The Morgan fingerprint density at radius 1 is 1.41 bits per heavy atom. The number of nitrogens with zero attached hydrogens (tertiary/aromatic N) is 2. The highest BCUT2D eigenvalue weighted by molar-refractivity contribution is 6.17. The lowest BCUT2D eigenvalue weighted by atomic mass is 9.93. The molecule has 0 spiro atoms. The van der Waals surface area contributed by atoms with Crippen molar-refractivity contribution in [3.05, 3.63) is 11.7 Å². The van der Waals surface area contributed by atoms with Gasteiger partial charge in [-0.3, -0.25) is 0 Å². The van der Waals surface area contributed by atoms with Crippen molar-refractivity contribution < 1.29 is 14.0 Å². The van der Waals surface area contributed by atoms with E-state index < -0.39 is 5.60 Å². The molecule has 1 aliphatic rings. The first-order valence-corrected chi connectivity index (χ1v) is 6.36. The van der Waals surface area contributed by atoms with E-state index in [4.69, 9.17) is 25.6 Å². The molecular formula is C11H17ClN2O3. The van der Waals surface area contributed by atoms with Crippen molar-refractivity contribution in [1.29, 1.82) is 0 Å². The average Bonchev–Trinajstić information content (AvgIpc) is 2.86. The van der Waals surface area contributed by atoms with Gasteiger partial charge in [-0.25, -0.2) is 0 Å². The van der Waals surface area contributed by atoms with Crippen LogP contribution in [0.5, 0.6) is 0 Å². The molecule has 1 aromatic heterocycles. The fourth-order valence-electron chi connectivity index (χ4n) is 1.98. The van der Waals surface area contributed by atoms with Gasteiger partial charge in [0.1, 0.15) is 5.60 Å². The summed E-state index contributed by atoms with van der Waals surface area (Å²) in [6, 6.07) is 0. The van der Waals surface area contributed by atoms with Gasteiger partial charge in [-0.1, -0.05) is 5.16 Å². The molecule has 1 aromatic rings. The molecular weight excluding hydrogens is 244 g/mol. The van der Waals surface area contributed by atoms with Gasteiger partial charge in [-0.15, -0.1) is 11.6 Å². The molecule has 0 amide bonds. The standard InChI is InChI=1S/C11H17ClN2O3/c1-15-11(4-7-16-8-5-11)10-13-9(17-14-10)3-2-6-12/h2-8H2,1H3. The van der Waals surface area contributed by atoms with Gasteiger partial charge in [0.25, 0.3) is 0 Å². The molecule has 2 rings (SSSR count). The Morgan fingerprint density at radius 3 is 2.82 bits per heavy atom. The monoisotopic (exact) mass is 260 g/mol. The summed E-state index contributed by atoms with van der Waals surface area (Å²) in [5, 5.41) is 4.03. The Morgan fingerprint density at radius 2 is 2.18 bits per heavy atom.